The quantitative estimate of drug-likeness (QED) is 0.0567. The zero-order valence-electron chi connectivity index (χ0n) is 22.9. The monoisotopic (exact) mass is 710 g/mol. The van der Waals surface area contributed by atoms with E-state index in [4.69, 9.17) is 4.65 Å². The zero-order chi connectivity index (χ0) is 35.8. The molecule has 0 amide bonds. The van der Waals surface area contributed by atoms with E-state index in [1.165, 1.54) is 0 Å². The van der Waals surface area contributed by atoms with E-state index in [1.54, 1.807) is 0 Å². The highest BCUT2D eigenvalue weighted by atomic mass is 19.2. The SMILES string of the molecule is Fc1ccc(F)c(OB(Oc2c(F)c(F)c(F)c3c(F)c4c(F)cccc4cc23)Oc2c(F)c(F)c(F)c3c(F)c(F)c(F)c(F)c23)c1F. The molecule has 6 aromatic rings. The van der Waals surface area contributed by atoms with Crippen LogP contribution in [0.25, 0.3) is 32.3 Å². The molecule has 0 spiro atoms. The van der Waals surface area contributed by atoms with Gasteiger partial charge >= 0.3 is 7.32 Å². The van der Waals surface area contributed by atoms with E-state index in [9.17, 15) is 52.7 Å². The van der Waals surface area contributed by atoms with E-state index in [0.29, 0.717) is 12.1 Å². The maximum atomic E-state index is 15.4. The molecule has 6 rings (SSSR count). The molecule has 0 saturated carbocycles. The highest BCUT2D eigenvalue weighted by molar-refractivity contribution is 6.40. The number of fused-ring (bicyclic) bond motifs is 3. The van der Waals surface area contributed by atoms with Crippen LogP contribution in [-0.4, -0.2) is 7.32 Å². The van der Waals surface area contributed by atoms with Gasteiger partial charge < -0.3 is 14.0 Å². The first-order chi connectivity index (χ1) is 23.1. The molecular weight excluding hydrogens is 704 g/mol. The average Bonchev–Trinajstić information content (AvgIpc) is 3.07. The maximum Gasteiger partial charge on any atom is 0.864 e. The topological polar surface area (TPSA) is 27.7 Å². The summed E-state index contributed by atoms with van der Waals surface area (Å²) in [6, 6.07) is 3.58. The van der Waals surface area contributed by atoms with Gasteiger partial charge in [-0.05, 0) is 29.7 Å². The standard InChI is InChI=1S/C30H6BF15O3/c32-9-3-1-2-7-6-8-13(17(36)12(7)9)18(37)24(43)26(45)28(8)47-31(48-29-11(34)5-4-10(33)16(29)35)49-30-15-14(20(39)25(44)27(30)46)19(38)22(41)23(42)21(15)40/h1-6H. The first-order valence-electron chi connectivity index (χ1n) is 12.9. The lowest BCUT2D eigenvalue weighted by Gasteiger charge is -2.21. The fourth-order valence-corrected chi connectivity index (χ4v) is 4.85. The van der Waals surface area contributed by atoms with Crippen molar-refractivity contribution in [2.75, 3.05) is 0 Å². The molecule has 0 unspecified atom stereocenters. The first kappa shape index (κ1) is 33.4. The third kappa shape index (κ3) is 5.05. The van der Waals surface area contributed by atoms with Crippen LogP contribution in [0.1, 0.15) is 0 Å². The summed E-state index contributed by atoms with van der Waals surface area (Å²) in [7, 11) is -3.46. The van der Waals surface area contributed by atoms with E-state index in [1.807, 2.05) is 0 Å². The normalized spacial score (nSPS) is 11.6. The molecule has 0 bridgehead atoms. The van der Waals surface area contributed by atoms with Crippen LogP contribution in [0.2, 0.25) is 0 Å². The molecule has 0 aliphatic rings. The van der Waals surface area contributed by atoms with Crippen LogP contribution < -0.4 is 14.0 Å². The Morgan fingerprint density at radius 3 is 1.47 bits per heavy atom. The van der Waals surface area contributed by atoms with Crippen molar-refractivity contribution in [3.63, 3.8) is 0 Å². The molecule has 0 aliphatic heterocycles. The van der Waals surface area contributed by atoms with Gasteiger partial charge in [0.2, 0.25) is 17.5 Å². The van der Waals surface area contributed by atoms with Crippen molar-refractivity contribution in [1.82, 2.24) is 0 Å². The van der Waals surface area contributed by atoms with Gasteiger partial charge in [-0.25, -0.2) is 52.7 Å². The molecule has 0 heterocycles. The van der Waals surface area contributed by atoms with E-state index in [0.717, 1.165) is 12.1 Å². The third-order valence-electron chi connectivity index (χ3n) is 7.05. The lowest BCUT2D eigenvalue weighted by molar-refractivity contribution is 0.275. The molecule has 49 heavy (non-hydrogen) atoms. The smallest absolute Gasteiger partial charge is 0.486 e. The largest absolute Gasteiger partial charge is 0.864 e. The van der Waals surface area contributed by atoms with Crippen molar-refractivity contribution >= 4 is 39.6 Å². The van der Waals surface area contributed by atoms with Crippen LogP contribution >= 0.6 is 0 Å². The van der Waals surface area contributed by atoms with Crippen molar-refractivity contribution in [2.24, 2.45) is 0 Å². The number of benzene rings is 6. The zero-order valence-corrected chi connectivity index (χ0v) is 22.9. The number of hydrogen-bond donors (Lipinski definition) is 0. The molecule has 0 fully saturated rings. The molecule has 19 heteroatoms. The Morgan fingerprint density at radius 1 is 0.347 bits per heavy atom. The Morgan fingerprint density at radius 2 is 0.837 bits per heavy atom. The molecule has 0 atom stereocenters. The third-order valence-corrected chi connectivity index (χ3v) is 7.05. The van der Waals surface area contributed by atoms with Crippen molar-refractivity contribution in [3.8, 4) is 17.2 Å². The van der Waals surface area contributed by atoms with Crippen LogP contribution in [0.4, 0.5) is 65.9 Å². The minimum absolute atomic E-state index is 0.176. The molecular formula is C30H6BF15O3. The Hall–Kier alpha value is -5.49. The maximum absolute atomic E-state index is 15.4. The van der Waals surface area contributed by atoms with Crippen LogP contribution in [0.3, 0.4) is 0 Å². The van der Waals surface area contributed by atoms with E-state index in [-0.39, 0.29) is 12.1 Å². The van der Waals surface area contributed by atoms with Crippen molar-refractivity contribution in [2.45, 2.75) is 0 Å². The number of rotatable bonds is 6. The van der Waals surface area contributed by atoms with E-state index < -0.39 is 144 Å². The lowest BCUT2D eigenvalue weighted by atomic mass is 10.00. The van der Waals surface area contributed by atoms with Crippen LogP contribution in [0.15, 0.2) is 36.4 Å². The summed E-state index contributed by atoms with van der Waals surface area (Å²) in [5.74, 6) is -41.5. The van der Waals surface area contributed by atoms with Gasteiger partial charge in [-0.3, -0.25) is 0 Å². The Kier molecular flexibility index (Phi) is 8.11. The summed E-state index contributed by atoms with van der Waals surface area (Å²) in [4.78, 5) is 0. The second-order valence-electron chi connectivity index (χ2n) is 9.81. The van der Waals surface area contributed by atoms with Gasteiger partial charge in [-0.2, -0.15) is 13.2 Å². The molecule has 0 aromatic heterocycles. The van der Waals surface area contributed by atoms with E-state index >= 15 is 13.2 Å². The fraction of sp³-hybridized carbons (Fsp3) is 0. The van der Waals surface area contributed by atoms with Gasteiger partial charge in [0, 0.05) is 5.39 Å². The molecule has 3 nitrogen and oxygen atoms in total. The minimum Gasteiger partial charge on any atom is -0.486 e. The summed E-state index contributed by atoms with van der Waals surface area (Å²) in [5, 5.41) is -8.47. The van der Waals surface area contributed by atoms with E-state index in [2.05, 4.69) is 9.31 Å². The summed E-state index contributed by atoms with van der Waals surface area (Å²) in [6.45, 7) is 0. The second-order valence-corrected chi connectivity index (χ2v) is 9.81. The molecule has 0 N–H and O–H groups in total. The summed E-state index contributed by atoms with van der Waals surface area (Å²) in [5.41, 5.74) is 0. The van der Waals surface area contributed by atoms with Crippen molar-refractivity contribution < 1.29 is 79.8 Å². The molecule has 0 saturated heterocycles. The van der Waals surface area contributed by atoms with Gasteiger partial charge in [0.15, 0.2) is 75.4 Å². The molecule has 0 radical (unpaired) electrons. The summed E-state index contributed by atoms with van der Waals surface area (Å²) < 4.78 is 234. The van der Waals surface area contributed by atoms with Gasteiger partial charge in [-0.1, -0.05) is 12.1 Å². The number of hydrogen-bond acceptors (Lipinski definition) is 3. The predicted octanol–water partition coefficient (Wildman–Crippen LogP) is 9.75. The van der Waals surface area contributed by atoms with Crippen molar-refractivity contribution in [3.05, 3.63) is 124 Å². The first-order valence-corrected chi connectivity index (χ1v) is 12.9. The Balaban J connectivity index is 1.64. The minimum atomic E-state index is -3.46. The second kappa shape index (κ2) is 11.9. The van der Waals surface area contributed by atoms with Gasteiger partial charge in [0.25, 0.3) is 0 Å². The van der Waals surface area contributed by atoms with Crippen LogP contribution in [-0.2, 0) is 0 Å². The highest BCUT2D eigenvalue weighted by Gasteiger charge is 2.41. The summed E-state index contributed by atoms with van der Waals surface area (Å²) in [6.07, 6.45) is 0. The van der Waals surface area contributed by atoms with Gasteiger partial charge in [-0.15, -0.1) is 0 Å². The number of halogens is 15. The Labute approximate surface area is 260 Å². The molecule has 252 valence electrons. The average molecular weight is 710 g/mol. The molecule has 6 aromatic carbocycles. The van der Waals surface area contributed by atoms with Crippen LogP contribution in [0.5, 0.6) is 17.2 Å². The van der Waals surface area contributed by atoms with Gasteiger partial charge in [0.1, 0.15) is 11.6 Å². The lowest BCUT2D eigenvalue weighted by Crippen LogP contribution is -2.38. The summed E-state index contributed by atoms with van der Waals surface area (Å²) >= 11 is 0. The molecule has 0 aliphatic carbocycles. The highest BCUT2D eigenvalue weighted by Crippen LogP contribution is 2.42. The fourth-order valence-electron chi connectivity index (χ4n) is 4.85. The predicted molar refractivity (Wildman–Crippen MR) is 139 cm³/mol. The Bertz CT molecular complexity index is 2400. The van der Waals surface area contributed by atoms with Crippen LogP contribution in [0, 0.1) is 87.3 Å². The van der Waals surface area contributed by atoms with Crippen molar-refractivity contribution in [1.29, 1.82) is 0 Å². The van der Waals surface area contributed by atoms with Gasteiger partial charge in [0.05, 0.1) is 21.5 Å².